The predicted octanol–water partition coefficient (Wildman–Crippen LogP) is 8.82. The topological polar surface area (TPSA) is 122 Å². The van der Waals surface area contributed by atoms with Crippen molar-refractivity contribution in [2.45, 2.75) is 139 Å². The molecular weight excluding hydrogens is 558 g/mol. The number of carboxylic acids is 2. The number of carbonyl (C=O) groups excluding carboxylic acids is 1. The summed E-state index contributed by atoms with van der Waals surface area (Å²) < 4.78 is 10.1. The third-order valence-corrected chi connectivity index (χ3v) is 6.25. The van der Waals surface area contributed by atoms with Crippen LogP contribution in [0.1, 0.15) is 139 Å². The van der Waals surface area contributed by atoms with E-state index in [0.29, 0.717) is 37.8 Å². The van der Waals surface area contributed by atoms with Gasteiger partial charge in [0.25, 0.3) is 0 Å². The van der Waals surface area contributed by atoms with Crippen LogP contribution in [-0.4, -0.2) is 68.0 Å². The van der Waals surface area contributed by atoms with Gasteiger partial charge in [-0.2, -0.15) is 0 Å². The fraction of sp³-hybridized carbons (Fsp3) is 0.861. The minimum absolute atomic E-state index is 0.0943. The highest BCUT2D eigenvalue weighted by Gasteiger charge is 2.01. The average molecular weight is 632 g/mol. The molecule has 0 aliphatic rings. The average Bonchev–Trinajstić information content (AvgIpc) is 2.94. The number of ketones is 1. The molecule has 0 rings (SSSR count). The van der Waals surface area contributed by atoms with Crippen molar-refractivity contribution < 1.29 is 34.1 Å². The molecule has 0 radical (unpaired) electrons. The standard InChI is InChI=1S/C12H22O3.C10H23NO.C8H16O2.C6H12O/c1-11(2)7-5-3-4-6-9-15-10-8-12(13)14;1-10(2)6-4-5-7-11-8-9-12-3;1-7(2)5-3-4-6-8(9)10;1-4-6(7)5(2)3/h3-4,11H,5-10H2,1-2H3,(H,13,14);10-11H,4-9H2,1-3H3;7H,3-6H2,1-2H3,(H,9,10);5H,4H2,1-3H3. The molecule has 8 heteroatoms. The molecule has 44 heavy (non-hydrogen) atoms. The third-order valence-electron chi connectivity index (χ3n) is 6.25. The lowest BCUT2D eigenvalue weighted by molar-refractivity contribution is -0.138. The Bertz CT molecular complexity index is 646. The monoisotopic (exact) mass is 632 g/mol. The number of Topliss-reactive ketones (excluding diaryl/α,β-unsaturated/α-hetero) is 1. The van der Waals surface area contributed by atoms with Crippen molar-refractivity contribution in [2.75, 3.05) is 40.0 Å². The summed E-state index contributed by atoms with van der Waals surface area (Å²) in [6.45, 7) is 22.9. The number of hydrogen-bond acceptors (Lipinski definition) is 6. The first-order chi connectivity index (χ1) is 20.7. The molecule has 0 aliphatic carbocycles. The van der Waals surface area contributed by atoms with Gasteiger partial charge in [-0.15, -0.1) is 0 Å². The molecule has 0 amide bonds. The number of nitrogens with one attached hydrogen (secondary N) is 1. The zero-order valence-corrected chi connectivity index (χ0v) is 30.4. The molecule has 0 spiro atoms. The van der Waals surface area contributed by atoms with Gasteiger partial charge >= 0.3 is 11.9 Å². The van der Waals surface area contributed by atoms with Crippen molar-refractivity contribution in [1.82, 2.24) is 5.32 Å². The SMILES string of the molecule is CC(C)CCC=CCCOCCC(=O)O.CC(C)CCCCC(=O)O.CCC(=O)C(C)C.COCCNCCCCC(C)C. The summed E-state index contributed by atoms with van der Waals surface area (Å²) in [5, 5.41) is 20.0. The molecule has 8 nitrogen and oxygen atoms in total. The molecule has 0 aromatic rings. The summed E-state index contributed by atoms with van der Waals surface area (Å²) in [5.74, 6) is 1.40. The lowest BCUT2D eigenvalue weighted by Crippen LogP contribution is -2.20. The second-order valence-corrected chi connectivity index (χ2v) is 12.6. The highest BCUT2D eigenvalue weighted by molar-refractivity contribution is 5.79. The van der Waals surface area contributed by atoms with Gasteiger partial charge in [-0.1, -0.05) is 100 Å². The summed E-state index contributed by atoms with van der Waals surface area (Å²) in [7, 11) is 1.74. The number of unbranched alkanes of at least 4 members (excludes halogenated alkanes) is 2. The highest BCUT2D eigenvalue weighted by atomic mass is 16.5. The predicted molar refractivity (Wildman–Crippen MR) is 185 cm³/mol. The van der Waals surface area contributed by atoms with E-state index >= 15 is 0 Å². The first-order valence-corrected chi connectivity index (χ1v) is 17.1. The van der Waals surface area contributed by atoms with E-state index in [1.165, 1.54) is 25.7 Å². The quantitative estimate of drug-likeness (QED) is 0.0713. The zero-order chi connectivity index (χ0) is 34.6. The van der Waals surface area contributed by atoms with Crippen molar-refractivity contribution >= 4 is 17.7 Å². The van der Waals surface area contributed by atoms with Crippen molar-refractivity contribution in [3.63, 3.8) is 0 Å². The maximum atomic E-state index is 10.5. The van der Waals surface area contributed by atoms with Crippen LogP contribution in [0.15, 0.2) is 12.2 Å². The van der Waals surface area contributed by atoms with Crippen molar-refractivity contribution in [3.8, 4) is 0 Å². The Labute approximate surface area is 272 Å². The molecule has 0 unspecified atom stereocenters. The molecule has 0 heterocycles. The number of carbonyl (C=O) groups is 3. The van der Waals surface area contributed by atoms with Crippen LogP contribution in [0, 0.1) is 23.7 Å². The van der Waals surface area contributed by atoms with E-state index in [1.807, 2.05) is 20.8 Å². The fourth-order valence-corrected chi connectivity index (χ4v) is 3.42. The molecule has 0 aromatic heterocycles. The summed E-state index contributed by atoms with van der Waals surface area (Å²) in [6.07, 6.45) is 15.6. The van der Waals surface area contributed by atoms with Crippen molar-refractivity contribution in [1.29, 1.82) is 0 Å². The summed E-state index contributed by atoms with van der Waals surface area (Å²) in [5.41, 5.74) is 0. The van der Waals surface area contributed by atoms with E-state index in [2.05, 4.69) is 59.0 Å². The van der Waals surface area contributed by atoms with Crippen LogP contribution >= 0.6 is 0 Å². The number of allylic oxidation sites excluding steroid dienone is 1. The van der Waals surface area contributed by atoms with Crippen molar-refractivity contribution in [2.24, 2.45) is 23.7 Å². The van der Waals surface area contributed by atoms with Gasteiger partial charge in [-0.3, -0.25) is 14.4 Å². The number of carboxylic acid groups (broad SMARTS) is 2. The molecule has 264 valence electrons. The van der Waals surface area contributed by atoms with Gasteiger partial charge < -0.3 is 25.0 Å². The van der Waals surface area contributed by atoms with Gasteiger partial charge in [0.15, 0.2) is 0 Å². The third kappa shape index (κ3) is 59.6. The second-order valence-electron chi connectivity index (χ2n) is 12.6. The Hall–Kier alpha value is -1.77. The van der Waals surface area contributed by atoms with E-state index < -0.39 is 11.9 Å². The Morgan fingerprint density at radius 2 is 1.18 bits per heavy atom. The number of methoxy groups -OCH3 is 1. The lowest BCUT2D eigenvalue weighted by Gasteiger charge is -2.05. The maximum Gasteiger partial charge on any atom is 0.305 e. The van der Waals surface area contributed by atoms with E-state index in [4.69, 9.17) is 19.7 Å². The van der Waals surface area contributed by atoms with Crippen LogP contribution in [0.4, 0.5) is 0 Å². The highest BCUT2D eigenvalue weighted by Crippen LogP contribution is 2.07. The lowest BCUT2D eigenvalue weighted by atomic mass is 10.1. The molecule has 3 N–H and O–H groups in total. The Morgan fingerprint density at radius 1 is 0.659 bits per heavy atom. The number of aliphatic carboxylic acids is 2. The molecule has 0 atom stereocenters. The Balaban J connectivity index is -0.000000251. The normalized spacial score (nSPS) is 10.8. The number of rotatable bonds is 24. The molecular formula is C36H73NO7. The van der Waals surface area contributed by atoms with Gasteiger partial charge in [0.05, 0.1) is 26.2 Å². The van der Waals surface area contributed by atoms with Gasteiger partial charge in [-0.25, -0.2) is 0 Å². The van der Waals surface area contributed by atoms with E-state index in [-0.39, 0.29) is 12.3 Å². The van der Waals surface area contributed by atoms with Gasteiger partial charge in [0, 0.05) is 32.4 Å². The van der Waals surface area contributed by atoms with E-state index in [9.17, 15) is 14.4 Å². The second kappa shape index (κ2) is 39.3. The van der Waals surface area contributed by atoms with Gasteiger partial charge in [0.2, 0.25) is 0 Å². The van der Waals surface area contributed by atoms with Crippen LogP contribution in [0.2, 0.25) is 0 Å². The molecule has 0 aromatic carbocycles. The largest absolute Gasteiger partial charge is 0.481 e. The number of hydrogen-bond donors (Lipinski definition) is 3. The van der Waals surface area contributed by atoms with Crippen LogP contribution in [0.5, 0.6) is 0 Å². The summed E-state index contributed by atoms with van der Waals surface area (Å²) in [4.78, 5) is 30.7. The van der Waals surface area contributed by atoms with E-state index in [0.717, 1.165) is 63.6 Å². The Morgan fingerprint density at radius 3 is 1.61 bits per heavy atom. The van der Waals surface area contributed by atoms with Crippen LogP contribution in [-0.2, 0) is 23.9 Å². The minimum atomic E-state index is -0.803. The Kier molecular flexibility index (Phi) is 43.8. The summed E-state index contributed by atoms with van der Waals surface area (Å²) in [6, 6.07) is 0. The summed E-state index contributed by atoms with van der Waals surface area (Å²) >= 11 is 0. The minimum Gasteiger partial charge on any atom is -0.481 e. The molecule has 0 saturated carbocycles. The first-order valence-electron chi connectivity index (χ1n) is 17.1. The van der Waals surface area contributed by atoms with Crippen molar-refractivity contribution in [3.05, 3.63) is 12.2 Å². The molecule has 0 bridgehead atoms. The number of ether oxygens (including phenoxy) is 2. The van der Waals surface area contributed by atoms with Crippen LogP contribution < -0.4 is 5.32 Å². The van der Waals surface area contributed by atoms with Crippen LogP contribution in [0.3, 0.4) is 0 Å². The smallest absolute Gasteiger partial charge is 0.305 e. The van der Waals surface area contributed by atoms with Gasteiger partial charge in [-0.05, 0) is 56.4 Å². The molecule has 0 saturated heterocycles. The fourth-order valence-electron chi connectivity index (χ4n) is 3.42. The first kappa shape index (κ1) is 49.1. The van der Waals surface area contributed by atoms with E-state index in [1.54, 1.807) is 7.11 Å². The van der Waals surface area contributed by atoms with Crippen LogP contribution in [0.25, 0.3) is 0 Å². The zero-order valence-electron chi connectivity index (χ0n) is 30.4. The molecule has 0 fully saturated rings. The van der Waals surface area contributed by atoms with Gasteiger partial charge in [0.1, 0.15) is 5.78 Å². The maximum absolute atomic E-state index is 10.5. The molecule has 0 aliphatic heterocycles.